The number of rotatable bonds is 3. The van der Waals surface area contributed by atoms with Crippen LogP contribution in [0, 0.1) is 5.92 Å². The molecule has 1 aromatic carbocycles. The smallest absolute Gasteiger partial charge is 0.0695 e. The number of hydrogen-bond acceptors (Lipinski definition) is 2. The van der Waals surface area contributed by atoms with Crippen molar-refractivity contribution < 1.29 is 5.11 Å². The van der Waals surface area contributed by atoms with Crippen LogP contribution in [0.15, 0.2) is 30.3 Å². The number of aliphatic hydroxyl groups excluding tert-OH is 1. The van der Waals surface area contributed by atoms with Crippen LogP contribution in [0.1, 0.15) is 31.7 Å². The molecule has 0 heterocycles. The number of likely N-dealkylation sites (N-methyl/N-ethyl adjacent to an activating group) is 1. The summed E-state index contributed by atoms with van der Waals surface area (Å²) in [6.45, 7) is 3.21. The molecule has 2 rings (SSSR count). The number of nitrogens with zero attached hydrogens (tertiary/aromatic N) is 1. The first-order valence-corrected chi connectivity index (χ1v) is 6.59. The van der Waals surface area contributed by atoms with Crippen LogP contribution in [0.4, 0.5) is 0 Å². The topological polar surface area (TPSA) is 23.5 Å². The van der Waals surface area contributed by atoms with Gasteiger partial charge in [0, 0.05) is 12.6 Å². The third-order valence-corrected chi connectivity index (χ3v) is 3.88. The summed E-state index contributed by atoms with van der Waals surface area (Å²) in [5.74, 6) is 0.738. The van der Waals surface area contributed by atoms with Gasteiger partial charge in [-0.15, -0.1) is 0 Å². The predicted octanol–water partition coefficient (Wildman–Crippen LogP) is 2.67. The van der Waals surface area contributed by atoms with E-state index in [9.17, 15) is 5.11 Å². The highest BCUT2D eigenvalue weighted by atomic mass is 16.3. The van der Waals surface area contributed by atoms with E-state index < -0.39 is 0 Å². The monoisotopic (exact) mass is 233 g/mol. The van der Waals surface area contributed by atoms with Crippen molar-refractivity contribution in [1.82, 2.24) is 4.90 Å². The van der Waals surface area contributed by atoms with E-state index in [4.69, 9.17) is 0 Å². The molecule has 1 N–H and O–H groups in total. The lowest BCUT2D eigenvalue weighted by Crippen LogP contribution is -2.44. The summed E-state index contributed by atoms with van der Waals surface area (Å²) in [6, 6.07) is 10.8. The summed E-state index contributed by atoms with van der Waals surface area (Å²) in [5.41, 5.74) is 1.32. The van der Waals surface area contributed by atoms with Crippen LogP contribution in [0.2, 0.25) is 0 Å². The van der Waals surface area contributed by atoms with E-state index in [2.05, 4.69) is 43.1 Å². The summed E-state index contributed by atoms with van der Waals surface area (Å²) in [6.07, 6.45) is 3.08. The summed E-state index contributed by atoms with van der Waals surface area (Å²) in [4.78, 5) is 2.30. The number of benzene rings is 1. The van der Waals surface area contributed by atoms with Crippen LogP contribution < -0.4 is 0 Å². The molecule has 1 aliphatic rings. The maximum absolute atomic E-state index is 10.1. The van der Waals surface area contributed by atoms with Gasteiger partial charge in [-0.05, 0) is 37.8 Å². The van der Waals surface area contributed by atoms with E-state index >= 15 is 0 Å². The predicted molar refractivity (Wildman–Crippen MR) is 70.7 cm³/mol. The highest BCUT2D eigenvalue weighted by Crippen LogP contribution is 2.27. The Labute approximate surface area is 104 Å². The minimum Gasteiger partial charge on any atom is -0.391 e. The molecule has 1 aromatic rings. The zero-order chi connectivity index (χ0) is 12.3. The summed E-state index contributed by atoms with van der Waals surface area (Å²) in [5, 5.41) is 10.1. The third kappa shape index (κ3) is 3.30. The zero-order valence-corrected chi connectivity index (χ0v) is 10.8. The lowest BCUT2D eigenvalue weighted by Gasteiger charge is -2.38. The van der Waals surface area contributed by atoms with Gasteiger partial charge in [0.1, 0.15) is 0 Å². The van der Waals surface area contributed by atoms with Crippen molar-refractivity contribution in [2.45, 2.75) is 44.9 Å². The second-order valence-corrected chi connectivity index (χ2v) is 5.45. The number of aliphatic hydroxyl groups is 1. The van der Waals surface area contributed by atoms with Gasteiger partial charge in [-0.2, -0.15) is 0 Å². The molecule has 17 heavy (non-hydrogen) atoms. The minimum absolute atomic E-state index is 0.153. The maximum Gasteiger partial charge on any atom is 0.0695 e. The molecule has 3 atom stereocenters. The van der Waals surface area contributed by atoms with Gasteiger partial charge < -0.3 is 5.11 Å². The molecule has 2 nitrogen and oxygen atoms in total. The third-order valence-electron chi connectivity index (χ3n) is 3.88. The number of hydrogen-bond donors (Lipinski definition) is 1. The van der Waals surface area contributed by atoms with Gasteiger partial charge in [-0.3, -0.25) is 4.90 Å². The molecule has 2 heteroatoms. The zero-order valence-electron chi connectivity index (χ0n) is 10.8. The average Bonchev–Trinajstić information content (AvgIpc) is 2.33. The molecule has 0 bridgehead atoms. The van der Waals surface area contributed by atoms with Crippen molar-refractivity contribution in [3.63, 3.8) is 0 Å². The van der Waals surface area contributed by atoms with Crippen LogP contribution in [0.25, 0.3) is 0 Å². The van der Waals surface area contributed by atoms with Crippen LogP contribution in [0.3, 0.4) is 0 Å². The second-order valence-electron chi connectivity index (χ2n) is 5.45. The Hall–Kier alpha value is -0.860. The lowest BCUT2D eigenvalue weighted by atomic mass is 9.84. The highest BCUT2D eigenvalue weighted by molar-refractivity contribution is 5.14. The molecule has 1 aliphatic carbocycles. The Bertz CT molecular complexity index is 338. The Morgan fingerprint density at radius 3 is 2.65 bits per heavy atom. The van der Waals surface area contributed by atoms with Gasteiger partial charge in [0.2, 0.25) is 0 Å². The van der Waals surface area contributed by atoms with E-state index in [0.29, 0.717) is 6.04 Å². The summed E-state index contributed by atoms with van der Waals surface area (Å²) < 4.78 is 0. The van der Waals surface area contributed by atoms with Crippen LogP contribution in [0.5, 0.6) is 0 Å². The van der Waals surface area contributed by atoms with E-state index in [-0.39, 0.29) is 6.10 Å². The fourth-order valence-corrected chi connectivity index (χ4v) is 2.80. The maximum atomic E-state index is 10.1. The van der Waals surface area contributed by atoms with E-state index in [0.717, 1.165) is 31.7 Å². The Morgan fingerprint density at radius 1 is 1.24 bits per heavy atom. The largest absolute Gasteiger partial charge is 0.391 e. The van der Waals surface area contributed by atoms with Crippen molar-refractivity contribution in [3.05, 3.63) is 35.9 Å². The lowest BCUT2D eigenvalue weighted by molar-refractivity contribution is 0.0139. The molecule has 0 saturated heterocycles. The Kier molecular flexibility index (Phi) is 4.19. The SMILES string of the molecule is CC1CCC(O)C(N(C)Cc2ccccc2)C1. The first-order valence-electron chi connectivity index (χ1n) is 6.59. The average molecular weight is 233 g/mol. The first-order chi connectivity index (χ1) is 8.16. The van der Waals surface area contributed by atoms with E-state index in [1.165, 1.54) is 5.56 Å². The molecule has 0 spiro atoms. The molecule has 1 saturated carbocycles. The van der Waals surface area contributed by atoms with Crippen LogP contribution in [-0.2, 0) is 6.54 Å². The second kappa shape index (κ2) is 5.65. The van der Waals surface area contributed by atoms with Crippen LogP contribution in [-0.4, -0.2) is 29.2 Å². The quantitative estimate of drug-likeness (QED) is 0.867. The fourth-order valence-electron chi connectivity index (χ4n) is 2.80. The first kappa shape index (κ1) is 12.6. The highest BCUT2D eigenvalue weighted by Gasteiger charge is 2.29. The van der Waals surface area contributed by atoms with Gasteiger partial charge in [0.15, 0.2) is 0 Å². The molecular formula is C15H23NO. The van der Waals surface area contributed by atoms with E-state index in [1.54, 1.807) is 0 Å². The fraction of sp³-hybridized carbons (Fsp3) is 0.600. The molecule has 94 valence electrons. The molecule has 1 fully saturated rings. The van der Waals surface area contributed by atoms with Gasteiger partial charge >= 0.3 is 0 Å². The Balaban J connectivity index is 1.97. The minimum atomic E-state index is -0.153. The van der Waals surface area contributed by atoms with Gasteiger partial charge in [0.25, 0.3) is 0 Å². The normalized spacial score (nSPS) is 29.5. The molecular weight excluding hydrogens is 210 g/mol. The van der Waals surface area contributed by atoms with Crippen LogP contribution >= 0.6 is 0 Å². The summed E-state index contributed by atoms with van der Waals surface area (Å²) in [7, 11) is 2.12. The Morgan fingerprint density at radius 2 is 1.94 bits per heavy atom. The van der Waals surface area contributed by atoms with Crippen molar-refractivity contribution in [1.29, 1.82) is 0 Å². The van der Waals surface area contributed by atoms with Crippen molar-refractivity contribution in [3.8, 4) is 0 Å². The van der Waals surface area contributed by atoms with Gasteiger partial charge in [-0.1, -0.05) is 37.3 Å². The molecule has 0 amide bonds. The van der Waals surface area contributed by atoms with Crippen molar-refractivity contribution >= 4 is 0 Å². The molecule has 0 aromatic heterocycles. The molecule has 0 aliphatic heterocycles. The van der Waals surface area contributed by atoms with Crippen molar-refractivity contribution in [2.24, 2.45) is 5.92 Å². The summed E-state index contributed by atoms with van der Waals surface area (Å²) >= 11 is 0. The standard InChI is InChI=1S/C15H23NO/c1-12-8-9-15(17)14(10-12)16(2)11-13-6-4-3-5-7-13/h3-7,12,14-15,17H,8-11H2,1-2H3. The van der Waals surface area contributed by atoms with Crippen molar-refractivity contribution in [2.75, 3.05) is 7.05 Å². The molecule has 3 unspecified atom stereocenters. The molecule has 0 radical (unpaired) electrons. The van der Waals surface area contributed by atoms with E-state index in [1.807, 2.05) is 6.07 Å². The van der Waals surface area contributed by atoms with Gasteiger partial charge in [0.05, 0.1) is 6.10 Å². The van der Waals surface area contributed by atoms with Gasteiger partial charge in [-0.25, -0.2) is 0 Å².